The molecule has 1 aromatic rings. The summed E-state index contributed by atoms with van der Waals surface area (Å²) in [6, 6.07) is 7.25. The van der Waals surface area contributed by atoms with Crippen LogP contribution in [0.15, 0.2) is 24.3 Å². The topological polar surface area (TPSA) is 92.9 Å². The first-order chi connectivity index (χ1) is 11.0. The molecule has 122 valence electrons. The molecule has 2 fully saturated rings. The molecular formula is C16H19N3O4. The Kier molecular flexibility index (Phi) is 3.71. The first-order valence-electron chi connectivity index (χ1n) is 7.52. The molecule has 3 rings (SSSR count). The van der Waals surface area contributed by atoms with Crippen LogP contribution in [0, 0.1) is 5.41 Å². The van der Waals surface area contributed by atoms with Gasteiger partial charge in [0.15, 0.2) is 0 Å². The number of nitrogens with zero attached hydrogens (tertiary/aromatic N) is 2. The summed E-state index contributed by atoms with van der Waals surface area (Å²) in [5.41, 5.74) is 4.94. The van der Waals surface area contributed by atoms with Gasteiger partial charge in [-0.3, -0.25) is 14.4 Å². The van der Waals surface area contributed by atoms with Gasteiger partial charge in [-0.15, -0.1) is 0 Å². The minimum atomic E-state index is -1.08. The second-order valence-electron chi connectivity index (χ2n) is 5.89. The Labute approximate surface area is 134 Å². The standard InChI is InChI=1S/C16H19N3O4/c1-23-12-5-3-2-4-11(12)19-9-8-18(10-13(19)20)15(22)16(6-7-16)14(17)21/h2-5H,6-10H2,1H3,(H2,17,21). The van der Waals surface area contributed by atoms with Crippen molar-refractivity contribution in [3.8, 4) is 5.75 Å². The van der Waals surface area contributed by atoms with Crippen LogP contribution < -0.4 is 15.4 Å². The van der Waals surface area contributed by atoms with Crippen LogP contribution in [-0.2, 0) is 14.4 Å². The van der Waals surface area contributed by atoms with Crippen LogP contribution in [-0.4, -0.2) is 49.4 Å². The molecule has 23 heavy (non-hydrogen) atoms. The van der Waals surface area contributed by atoms with Gasteiger partial charge in [0.25, 0.3) is 0 Å². The van der Waals surface area contributed by atoms with E-state index in [0.29, 0.717) is 37.4 Å². The number of amides is 3. The van der Waals surface area contributed by atoms with E-state index in [9.17, 15) is 14.4 Å². The highest BCUT2D eigenvalue weighted by atomic mass is 16.5. The third kappa shape index (κ3) is 2.52. The molecule has 1 heterocycles. The molecule has 0 unspecified atom stereocenters. The summed E-state index contributed by atoms with van der Waals surface area (Å²) in [6.07, 6.45) is 0.949. The van der Waals surface area contributed by atoms with Crippen LogP contribution in [0.2, 0.25) is 0 Å². The number of ether oxygens (including phenoxy) is 1. The number of rotatable bonds is 4. The first kappa shape index (κ1) is 15.3. The van der Waals surface area contributed by atoms with Gasteiger partial charge in [-0.05, 0) is 25.0 Å². The third-order valence-electron chi connectivity index (χ3n) is 4.51. The quantitative estimate of drug-likeness (QED) is 0.799. The summed E-state index contributed by atoms with van der Waals surface area (Å²) >= 11 is 0. The van der Waals surface area contributed by atoms with E-state index < -0.39 is 11.3 Å². The third-order valence-corrected chi connectivity index (χ3v) is 4.51. The molecule has 2 N–H and O–H groups in total. The van der Waals surface area contributed by atoms with Crippen molar-refractivity contribution in [2.75, 3.05) is 31.6 Å². The predicted octanol–water partition coefficient (Wildman–Crippen LogP) is 0.136. The summed E-state index contributed by atoms with van der Waals surface area (Å²) in [4.78, 5) is 39.4. The number of methoxy groups -OCH3 is 1. The fourth-order valence-corrected chi connectivity index (χ4v) is 2.95. The van der Waals surface area contributed by atoms with Crippen molar-refractivity contribution in [3.05, 3.63) is 24.3 Å². The van der Waals surface area contributed by atoms with Crippen molar-refractivity contribution in [2.45, 2.75) is 12.8 Å². The molecule has 1 aliphatic heterocycles. The van der Waals surface area contributed by atoms with Crippen molar-refractivity contribution in [1.29, 1.82) is 0 Å². The van der Waals surface area contributed by atoms with Crippen molar-refractivity contribution in [2.24, 2.45) is 11.1 Å². The lowest BCUT2D eigenvalue weighted by Gasteiger charge is -2.36. The molecule has 1 saturated carbocycles. The Morgan fingerprint density at radius 2 is 1.91 bits per heavy atom. The Hall–Kier alpha value is -2.57. The summed E-state index contributed by atoms with van der Waals surface area (Å²) in [5, 5.41) is 0. The van der Waals surface area contributed by atoms with Crippen LogP contribution in [0.1, 0.15) is 12.8 Å². The van der Waals surface area contributed by atoms with Crippen LogP contribution in [0.4, 0.5) is 5.69 Å². The number of para-hydroxylation sites is 2. The van der Waals surface area contributed by atoms with Gasteiger partial charge in [0, 0.05) is 13.1 Å². The van der Waals surface area contributed by atoms with Gasteiger partial charge in [0.1, 0.15) is 17.7 Å². The monoisotopic (exact) mass is 317 g/mol. The molecule has 7 nitrogen and oxygen atoms in total. The Morgan fingerprint density at radius 3 is 2.48 bits per heavy atom. The normalized spacial score (nSPS) is 19.4. The van der Waals surface area contributed by atoms with Gasteiger partial charge >= 0.3 is 0 Å². The van der Waals surface area contributed by atoms with Crippen LogP contribution in [0.3, 0.4) is 0 Å². The summed E-state index contributed by atoms with van der Waals surface area (Å²) in [6.45, 7) is 0.684. The smallest absolute Gasteiger partial charge is 0.246 e. The second kappa shape index (κ2) is 5.57. The maximum Gasteiger partial charge on any atom is 0.246 e. The van der Waals surface area contributed by atoms with E-state index in [-0.39, 0.29) is 18.4 Å². The molecule has 1 aromatic carbocycles. The molecule has 1 aliphatic carbocycles. The van der Waals surface area contributed by atoms with Crippen molar-refractivity contribution < 1.29 is 19.1 Å². The van der Waals surface area contributed by atoms with Gasteiger partial charge in [0.05, 0.1) is 12.8 Å². The lowest BCUT2D eigenvalue weighted by molar-refractivity contribution is -0.146. The second-order valence-corrected chi connectivity index (χ2v) is 5.89. The molecule has 0 spiro atoms. The maximum atomic E-state index is 12.5. The zero-order valence-electron chi connectivity index (χ0n) is 12.9. The zero-order valence-corrected chi connectivity index (χ0v) is 12.9. The molecule has 7 heteroatoms. The van der Waals surface area contributed by atoms with Crippen LogP contribution in [0.25, 0.3) is 0 Å². The zero-order chi connectivity index (χ0) is 16.6. The molecule has 0 aromatic heterocycles. The van der Waals surface area contributed by atoms with Crippen molar-refractivity contribution in [1.82, 2.24) is 4.90 Å². The number of carbonyl (C=O) groups is 3. The first-order valence-corrected chi connectivity index (χ1v) is 7.52. The highest BCUT2D eigenvalue weighted by Crippen LogP contribution is 2.47. The Morgan fingerprint density at radius 1 is 1.22 bits per heavy atom. The number of piperazine rings is 1. The summed E-state index contributed by atoms with van der Waals surface area (Å²) in [7, 11) is 1.55. The minimum absolute atomic E-state index is 0.0497. The van der Waals surface area contributed by atoms with E-state index in [2.05, 4.69) is 0 Å². The largest absolute Gasteiger partial charge is 0.495 e. The fourth-order valence-electron chi connectivity index (χ4n) is 2.95. The Bertz CT molecular complexity index is 669. The number of hydrogen-bond donors (Lipinski definition) is 1. The lowest BCUT2D eigenvalue weighted by atomic mass is 10.0. The van der Waals surface area contributed by atoms with Crippen LogP contribution in [0.5, 0.6) is 5.75 Å². The summed E-state index contributed by atoms with van der Waals surface area (Å²) in [5.74, 6) is -0.508. The summed E-state index contributed by atoms with van der Waals surface area (Å²) < 4.78 is 5.28. The van der Waals surface area contributed by atoms with Gasteiger partial charge in [-0.1, -0.05) is 12.1 Å². The van der Waals surface area contributed by atoms with E-state index in [1.165, 1.54) is 4.90 Å². The predicted molar refractivity (Wildman–Crippen MR) is 82.8 cm³/mol. The maximum absolute atomic E-state index is 12.5. The molecular weight excluding hydrogens is 298 g/mol. The van der Waals surface area contributed by atoms with E-state index >= 15 is 0 Å². The number of nitrogens with two attached hydrogens (primary N) is 1. The molecule has 0 bridgehead atoms. The SMILES string of the molecule is COc1ccccc1N1CCN(C(=O)C2(C(N)=O)CC2)CC1=O. The molecule has 2 aliphatic rings. The number of benzene rings is 1. The minimum Gasteiger partial charge on any atom is -0.495 e. The van der Waals surface area contributed by atoms with E-state index in [0.717, 1.165) is 0 Å². The lowest BCUT2D eigenvalue weighted by Crippen LogP contribution is -2.55. The van der Waals surface area contributed by atoms with Crippen molar-refractivity contribution >= 4 is 23.4 Å². The highest BCUT2D eigenvalue weighted by Gasteiger charge is 2.57. The average Bonchev–Trinajstić information content (AvgIpc) is 3.36. The van der Waals surface area contributed by atoms with E-state index in [1.54, 1.807) is 24.1 Å². The average molecular weight is 317 g/mol. The van der Waals surface area contributed by atoms with E-state index in [4.69, 9.17) is 10.5 Å². The number of primary amides is 1. The van der Waals surface area contributed by atoms with Crippen LogP contribution >= 0.6 is 0 Å². The van der Waals surface area contributed by atoms with Crippen molar-refractivity contribution in [3.63, 3.8) is 0 Å². The Balaban J connectivity index is 1.74. The van der Waals surface area contributed by atoms with Gasteiger partial charge in [0.2, 0.25) is 17.7 Å². The number of anilines is 1. The van der Waals surface area contributed by atoms with Gasteiger partial charge in [-0.2, -0.15) is 0 Å². The van der Waals surface area contributed by atoms with Gasteiger partial charge in [-0.25, -0.2) is 0 Å². The molecule has 3 amide bonds. The fraction of sp³-hybridized carbons (Fsp3) is 0.438. The molecule has 1 saturated heterocycles. The number of carbonyl (C=O) groups excluding carboxylic acids is 3. The number of hydrogen-bond acceptors (Lipinski definition) is 4. The molecule has 0 radical (unpaired) electrons. The van der Waals surface area contributed by atoms with Gasteiger partial charge < -0.3 is 20.3 Å². The highest BCUT2D eigenvalue weighted by molar-refractivity contribution is 6.09. The molecule has 0 atom stereocenters. The van der Waals surface area contributed by atoms with E-state index in [1.807, 2.05) is 12.1 Å².